The summed E-state index contributed by atoms with van der Waals surface area (Å²) >= 11 is 0. The quantitative estimate of drug-likeness (QED) is 0.362. The second-order valence-electron chi connectivity index (χ2n) is 1.01. The van der Waals surface area contributed by atoms with E-state index in [1.165, 1.54) is 0 Å². The fourth-order valence-corrected chi connectivity index (χ4v) is 0.220. The third-order valence-electron chi connectivity index (χ3n) is 0.472. The van der Waals surface area contributed by atoms with E-state index in [1.807, 2.05) is 0 Å². The molecule has 0 atom stereocenters. The van der Waals surface area contributed by atoms with Crippen LogP contribution in [0, 0.1) is 0 Å². The van der Waals surface area contributed by atoms with Gasteiger partial charge in [0.25, 0.3) is 5.97 Å². The van der Waals surface area contributed by atoms with Gasteiger partial charge in [-0.2, -0.15) is 0 Å². The second kappa shape index (κ2) is 3.72. The van der Waals surface area contributed by atoms with Crippen LogP contribution in [0.25, 0.3) is 0 Å². The second-order valence-corrected chi connectivity index (χ2v) is 1.01. The van der Waals surface area contributed by atoms with E-state index in [0.29, 0.717) is 6.61 Å². The third kappa shape index (κ3) is 3.36. The van der Waals surface area contributed by atoms with Crippen molar-refractivity contribution in [2.45, 2.75) is 13.2 Å². The molecule has 0 fully saturated rings. The molecule has 38 valence electrons. The molecular weight excluding hydrogens is 90.9 g/mol. The van der Waals surface area contributed by atoms with Gasteiger partial charge in [0.15, 0.2) is 0 Å². The van der Waals surface area contributed by atoms with Crippen LogP contribution >= 0.6 is 0 Å². The number of rotatable bonds is 2. The smallest absolute Gasteiger partial charge is 0.296 e. The zero-order valence-corrected chi connectivity index (χ0v) is 4.31. The normalized spacial score (nSPS) is 8.14. The Kier molecular flexibility index (Phi) is 3.47. The minimum absolute atomic E-state index is 0.0200. The Bertz CT molecular complexity index is 62.7. The summed E-state index contributed by atoms with van der Waals surface area (Å²) in [6, 6.07) is 0. The van der Waals surface area contributed by atoms with Crippen molar-refractivity contribution in [1.82, 2.24) is 0 Å². The summed E-state index contributed by atoms with van der Waals surface area (Å²) in [6.07, 6.45) is -0.0200. The van der Waals surface area contributed by atoms with Crippen molar-refractivity contribution in [3.05, 3.63) is 0 Å². The standard InChI is InChI=1S/C4H7BO2/c1-2-7-4(6)3-5/h2-3H2,1H3. The maximum absolute atomic E-state index is 10.1. The molecule has 0 aliphatic carbocycles. The zero-order valence-electron chi connectivity index (χ0n) is 4.31. The van der Waals surface area contributed by atoms with Crippen LogP contribution in [0.5, 0.6) is 0 Å². The van der Waals surface area contributed by atoms with Gasteiger partial charge >= 0.3 is 0 Å². The van der Waals surface area contributed by atoms with Gasteiger partial charge in [0.05, 0.1) is 14.5 Å². The first-order chi connectivity index (χ1) is 3.31. The van der Waals surface area contributed by atoms with Crippen molar-refractivity contribution >= 4 is 13.8 Å². The number of ether oxygens (including phenoxy) is 1. The highest BCUT2D eigenvalue weighted by molar-refractivity contribution is 6.18. The lowest BCUT2D eigenvalue weighted by Crippen LogP contribution is -2.01. The first-order valence-corrected chi connectivity index (χ1v) is 2.17. The van der Waals surface area contributed by atoms with Crippen molar-refractivity contribution in [2.75, 3.05) is 6.61 Å². The van der Waals surface area contributed by atoms with Gasteiger partial charge < -0.3 is 4.74 Å². The molecule has 7 heavy (non-hydrogen) atoms. The van der Waals surface area contributed by atoms with Crippen LogP contribution in [0.1, 0.15) is 6.92 Å². The Hall–Kier alpha value is -0.465. The predicted molar refractivity (Wildman–Crippen MR) is 27.2 cm³/mol. The Morgan fingerprint density at radius 2 is 2.43 bits per heavy atom. The van der Waals surface area contributed by atoms with Crippen LogP contribution in [-0.2, 0) is 9.53 Å². The van der Waals surface area contributed by atoms with E-state index in [4.69, 9.17) is 7.85 Å². The lowest BCUT2D eigenvalue weighted by Gasteiger charge is -1.94. The molecule has 0 N–H and O–H groups in total. The van der Waals surface area contributed by atoms with Gasteiger partial charge in [-0.05, 0) is 6.92 Å². The molecule has 2 nitrogen and oxygen atoms in total. The van der Waals surface area contributed by atoms with Crippen LogP contribution in [-0.4, -0.2) is 20.4 Å². The van der Waals surface area contributed by atoms with Gasteiger partial charge in [-0.1, -0.05) is 0 Å². The zero-order chi connectivity index (χ0) is 5.70. The van der Waals surface area contributed by atoms with Crippen LogP contribution < -0.4 is 0 Å². The minimum Gasteiger partial charge on any atom is -0.467 e. The van der Waals surface area contributed by atoms with Gasteiger partial charge in [-0.25, -0.2) is 0 Å². The molecule has 0 saturated heterocycles. The molecule has 0 aromatic heterocycles. The van der Waals surface area contributed by atoms with E-state index in [1.54, 1.807) is 6.92 Å². The Morgan fingerprint density at radius 1 is 1.86 bits per heavy atom. The minimum atomic E-state index is -0.345. The molecule has 3 heteroatoms. The van der Waals surface area contributed by atoms with E-state index in [2.05, 4.69) is 4.74 Å². The van der Waals surface area contributed by atoms with Crippen LogP contribution in [0.3, 0.4) is 0 Å². The first-order valence-electron chi connectivity index (χ1n) is 2.17. The van der Waals surface area contributed by atoms with Crippen LogP contribution in [0.15, 0.2) is 0 Å². The summed E-state index contributed by atoms with van der Waals surface area (Å²) in [5.74, 6) is -0.345. The van der Waals surface area contributed by atoms with E-state index < -0.39 is 0 Å². The SMILES string of the molecule is [B]CC(=O)OCC. The summed E-state index contributed by atoms with van der Waals surface area (Å²) < 4.78 is 4.43. The number of hydrogen-bond donors (Lipinski definition) is 0. The molecular formula is C4H7BO2. The molecule has 0 rings (SSSR count). The topological polar surface area (TPSA) is 26.3 Å². The Morgan fingerprint density at radius 3 is 2.57 bits per heavy atom. The molecule has 0 spiro atoms. The molecule has 0 saturated carbocycles. The molecule has 0 amide bonds. The van der Waals surface area contributed by atoms with Crippen molar-refractivity contribution in [3.63, 3.8) is 0 Å². The van der Waals surface area contributed by atoms with E-state index in [0.717, 1.165) is 0 Å². The van der Waals surface area contributed by atoms with Gasteiger partial charge in [-0.3, -0.25) is 4.79 Å². The molecule has 0 heterocycles. The van der Waals surface area contributed by atoms with Gasteiger partial charge in [0.1, 0.15) is 0 Å². The third-order valence-corrected chi connectivity index (χ3v) is 0.472. The number of carbonyl (C=O) groups excluding carboxylic acids is 1. The van der Waals surface area contributed by atoms with Gasteiger partial charge in [0, 0.05) is 6.32 Å². The number of carbonyl (C=O) groups is 1. The van der Waals surface area contributed by atoms with Gasteiger partial charge in [0.2, 0.25) is 0 Å². The number of esters is 1. The average molecular weight is 97.9 g/mol. The lowest BCUT2D eigenvalue weighted by molar-refractivity contribution is -0.140. The summed E-state index contributed by atoms with van der Waals surface area (Å²) in [4.78, 5) is 10.1. The molecule has 0 aliphatic rings. The summed E-state index contributed by atoms with van der Waals surface area (Å²) in [6.45, 7) is 2.16. The van der Waals surface area contributed by atoms with Crippen molar-refractivity contribution in [3.8, 4) is 0 Å². The maximum atomic E-state index is 10.1. The fourth-order valence-electron chi connectivity index (χ4n) is 0.220. The summed E-state index contributed by atoms with van der Waals surface area (Å²) in [5, 5.41) is 0. The van der Waals surface area contributed by atoms with Crippen LogP contribution in [0.4, 0.5) is 0 Å². The molecule has 0 bridgehead atoms. The highest BCUT2D eigenvalue weighted by atomic mass is 16.5. The van der Waals surface area contributed by atoms with Gasteiger partial charge in [-0.15, -0.1) is 0 Å². The van der Waals surface area contributed by atoms with E-state index in [-0.39, 0.29) is 12.3 Å². The molecule has 0 aromatic carbocycles. The molecule has 0 aromatic rings. The Balaban J connectivity index is 3.00. The largest absolute Gasteiger partial charge is 0.467 e. The highest BCUT2D eigenvalue weighted by Crippen LogP contribution is 1.78. The lowest BCUT2D eigenvalue weighted by atomic mass is 10.1. The molecule has 0 unspecified atom stereocenters. The maximum Gasteiger partial charge on any atom is 0.296 e. The van der Waals surface area contributed by atoms with Crippen LogP contribution in [0.2, 0.25) is 6.32 Å². The van der Waals surface area contributed by atoms with Crippen molar-refractivity contribution in [1.29, 1.82) is 0 Å². The Labute approximate surface area is 44.3 Å². The molecule has 0 aliphatic heterocycles. The summed E-state index contributed by atoms with van der Waals surface area (Å²) in [5.41, 5.74) is 0. The van der Waals surface area contributed by atoms with Crippen molar-refractivity contribution in [2.24, 2.45) is 0 Å². The first kappa shape index (κ1) is 6.53. The number of hydrogen-bond acceptors (Lipinski definition) is 2. The average Bonchev–Trinajstić information content (AvgIpc) is 1.68. The summed E-state index contributed by atoms with van der Waals surface area (Å²) in [7, 11) is 4.88. The highest BCUT2D eigenvalue weighted by Gasteiger charge is 1.90. The van der Waals surface area contributed by atoms with Crippen molar-refractivity contribution < 1.29 is 9.53 Å². The fraction of sp³-hybridized carbons (Fsp3) is 0.750. The predicted octanol–water partition coefficient (Wildman–Crippen LogP) is 0.136. The van der Waals surface area contributed by atoms with E-state index >= 15 is 0 Å². The molecule has 2 radical (unpaired) electrons. The monoisotopic (exact) mass is 98.1 g/mol. The van der Waals surface area contributed by atoms with E-state index in [9.17, 15) is 4.79 Å².